The first-order valence-corrected chi connectivity index (χ1v) is 6.36. The van der Waals surface area contributed by atoms with Crippen molar-refractivity contribution < 1.29 is 19.0 Å². The lowest BCUT2D eigenvalue weighted by Gasteiger charge is -1.97. The Balaban J connectivity index is 2.04. The molecule has 0 saturated heterocycles. The van der Waals surface area contributed by atoms with E-state index in [-0.39, 0.29) is 5.75 Å². The molecule has 2 aromatic heterocycles. The number of halogens is 1. The Kier molecular flexibility index (Phi) is 3.03. The second-order valence-electron chi connectivity index (χ2n) is 3.91. The van der Waals surface area contributed by atoms with Crippen molar-refractivity contribution in [2.24, 2.45) is 0 Å². The zero-order chi connectivity index (χ0) is 14.1. The lowest BCUT2D eigenvalue weighted by atomic mass is 10.3. The van der Waals surface area contributed by atoms with Crippen LogP contribution in [0, 0.1) is 5.82 Å². The van der Waals surface area contributed by atoms with E-state index in [0.29, 0.717) is 16.1 Å². The number of aromatic nitrogens is 2. The van der Waals surface area contributed by atoms with Crippen molar-refractivity contribution >= 4 is 27.7 Å². The number of benzene rings is 1. The number of hydrogen-bond acceptors (Lipinski definition) is 5. The van der Waals surface area contributed by atoms with Crippen molar-refractivity contribution in [1.82, 2.24) is 9.97 Å². The largest absolute Gasteiger partial charge is 0.511 e. The smallest absolute Gasteiger partial charge is 0.449 e. The number of carbonyl (C=O) groups is 1. The molecule has 0 bridgehead atoms. The Hall–Kier alpha value is -2.54. The number of pyridine rings is 1. The summed E-state index contributed by atoms with van der Waals surface area (Å²) < 4.78 is 18.5. The zero-order valence-corrected chi connectivity index (χ0v) is 10.7. The van der Waals surface area contributed by atoms with Gasteiger partial charge in [-0.05, 0) is 18.2 Å². The van der Waals surface area contributed by atoms with Gasteiger partial charge < -0.3 is 9.84 Å². The van der Waals surface area contributed by atoms with E-state index in [1.165, 1.54) is 29.7 Å². The molecule has 0 spiro atoms. The predicted octanol–water partition coefficient (Wildman–Crippen LogP) is 3.55. The molecular formula is C13H7FN2O3S. The molecule has 0 unspecified atom stereocenters. The first-order chi connectivity index (χ1) is 9.61. The summed E-state index contributed by atoms with van der Waals surface area (Å²) in [6.45, 7) is 0. The van der Waals surface area contributed by atoms with E-state index < -0.39 is 12.0 Å². The molecule has 1 N–H and O–H groups in total. The second-order valence-corrected chi connectivity index (χ2v) is 4.94. The van der Waals surface area contributed by atoms with E-state index in [9.17, 15) is 9.18 Å². The van der Waals surface area contributed by atoms with Crippen LogP contribution in [0.1, 0.15) is 0 Å². The van der Waals surface area contributed by atoms with Crippen molar-refractivity contribution in [3.8, 4) is 16.3 Å². The van der Waals surface area contributed by atoms with E-state index in [1.54, 1.807) is 12.1 Å². The molecule has 7 heteroatoms. The maximum absolute atomic E-state index is 13.1. The van der Waals surface area contributed by atoms with Gasteiger partial charge in [-0.3, -0.25) is 4.98 Å². The van der Waals surface area contributed by atoms with Crippen molar-refractivity contribution in [1.29, 1.82) is 0 Å². The minimum Gasteiger partial charge on any atom is -0.449 e. The third kappa shape index (κ3) is 2.43. The Morgan fingerprint density at radius 1 is 1.30 bits per heavy atom. The summed E-state index contributed by atoms with van der Waals surface area (Å²) in [4.78, 5) is 18.6. The quantitative estimate of drug-likeness (QED) is 0.577. The summed E-state index contributed by atoms with van der Waals surface area (Å²) in [5, 5.41) is 9.18. The number of fused-ring (bicyclic) bond motifs is 1. The van der Waals surface area contributed by atoms with Gasteiger partial charge >= 0.3 is 6.16 Å². The molecule has 20 heavy (non-hydrogen) atoms. The van der Waals surface area contributed by atoms with Crippen LogP contribution in [0.15, 0.2) is 36.7 Å². The standard InChI is InChI=1S/C13H7FN2O3S/c14-8-3-7(5-15-6-8)12-16-10-2-1-9(19-13(17)18)4-11(10)20-12/h1-6H,(H,17,18). The molecule has 2 heterocycles. The number of nitrogens with zero attached hydrogens (tertiary/aromatic N) is 2. The molecule has 0 amide bonds. The Labute approximate surface area is 116 Å². The predicted molar refractivity (Wildman–Crippen MR) is 71.5 cm³/mol. The third-order valence-corrected chi connectivity index (χ3v) is 3.58. The minimum atomic E-state index is -1.37. The van der Waals surface area contributed by atoms with Gasteiger partial charge in [0, 0.05) is 17.8 Å². The zero-order valence-electron chi connectivity index (χ0n) is 9.91. The molecule has 3 rings (SSSR count). The summed E-state index contributed by atoms with van der Waals surface area (Å²) in [6, 6.07) is 6.10. The van der Waals surface area contributed by atoms with E-state index in [1.807, 2.05) is 0 Å². The van der Waals surface area contributed by atoms with Crippen LogP contribution in [0.5, 0.6) is 5.75 Å². The van der Waals surface area contributed by atoms with Gasteiger partial charge in [-0.15, -0.1) is 11.3 Å². The third-order valence-electron chi connectivity index (χ3n) is 2.52. The number of ether oxygens (including phenoxy) is 1. The summed E-state index contributed by atoms with van der Waals surface area (Å²) in [7, 11) is 0. The average molecular weight is 290 g/mol. The maximum atomic E-state index is 13.1. The molecule has 0 aliphatic rings. The van der Waals surface area contributed by atoms with Gasteiger partial charge in [-0.25, -0.2) is 14.2 Å². The Bertz CT molecular complexity index is 803. The van der Waals surface area contributed by atoms with Crippen LogP contribution >= 0.6 is 11.3 Å². The second kappa shape index (κ2) is 4.86. The van der Waals surface area contributed by atoms with Crippen molar-refractivity contribution in [3.05, 3.63) is 42.5 Å². The summed E-state index contributed by atoms with van der Waals surface area (Å²) >= 11 is 1.31. The fourth-order valence-corrected chi connectivity index (χ4v) is 2.70. The number of rotatable bonds is 2. The fraction of sp³-hybridized carbons (Fsp3) is 0. The molecule has 5 nitrogen and oxygen atoms in total. The molecule has 0 aliphatic carbocycles. The fourth-order valence-electron chi connectivity index (χ4n) is 1.72. The topological polar surface area (TPSA) is 72.3 Å². The molecule has 0 atom stereocenters. The van der Waals surface area contributed by atoms with E-state index >= 15 is 0 Å². The molecule has 3 aromatic rings. The highest BCUT2D eigenvalue weighted by Crippen LogP contribution is 2.32. The highest BCUT2D eigenvalue weighted by molar-refractivity contribution is 7.21. The van der Waals surface area contributed by atoms with Crippen molar-refractivity contribution in [2.45, 2.75) is 0 Å². The molecule has 0 aliphatic heterocycles. The number of hydrogen-bond donors (Lipinski definition) is 1. The van der Waals surface area contributed by atoms with Crippen molar-refractivity contribution in [3.63, 3.8) is 0 Å². The maximum Gasteiger partial charge on any atom is 0.511 e. The summed E-state index contributed by atoms with van der Waals surface area (Å²) in [5.41, 5.74) is 1.26. The molecule has 1 aromatic carbocycles. The van der Waals surface area contributed by atoms with Crippen LogP contribution in [0.4, 0.5) is 9.18 Å². The van der Waals surface area contributed by atoms with Crippen LogP contribution in [0.25, 0.3) is 20.8 Å². The van der Waals surface area contributed by atoms with Crippen LogP contribution < -0.4 is 4.74 Å². The first kappa shape index (κ1) is 12.5. The monoisotopic (exact) mass is 290 g/mol. The Morgan fingerprint density at radius 2 is 2.15 bits per heavy atom. The van der Waals surface area contributed by atoms with Gasteiger partial charge in [0.05, 0.1) is 16.4 Å². The highest BCUT2D eigenvalue weighted by atomic mass is 32.1. The Morgan fingerprint density at radius 3 is 2.90 bits per heavy atom. The number of thiazole rings is 1. The first-order valence-electron chi connectivity index (χ1n) is 5.54. The van der Waals surface area contributed by atoms with Crippen LogP contribution in [-0.2, 0) is 0 Å². The normalized spacial score (nSPS) is 10.7. The van der Waals surface area contributed by atoms with Crippen LogP contribution in [-0.4, -0.2) is 21.2 Å². The molecule has 0 fully saturated rings. The van der Waals surface area contributed by atoms with E-state index in [4.69, 9.17) is 5.11 Å². The van der Waals surface area contributed by atoms with Gasteiger partial charge in [-0.1, -0.05) is 0 Å². The molecular weight excluding hydrogens is 283 g/mol. The summed E-state index contributed by atoms with van der Waals surface area (Å²) in [6.07, 6.45) is 1.27. The van der Waals surface area contributed by atoms with Gasteiger partial charge in [0.2, 0.25) is 0 Å². The SMILES string of the molecule is O=C(O)Oc1ccc2nc(-c3cncc(F)c3)sc2c1. The van der Waals surface area contributed by atoms with Crippen LogP contribution in [0.2, 0.25) is 0 Å². The molecule has 100 valence electrons. The number of carboxylic acid groups (broad SMARTS) is 1. The highest BCUT2D eigenvalue weighted by Gasteiger charge is 2.09. The molecule has 0 saturated carbocycles. The van der Waals surface area contributed by atoms with Crippen molar-refractivity contribution in [2.75, 3.05) is 0 Å². The van der Waals surface area contributed by atoms with Gasteiger partial charge in [0.15, 0.2) is 0 Å². The summed E-state index contributed by atoms with van der Waals surface area (Å²) in [5.74, 6) is -0.214. The van der Waals surface area contributed by atoms with Gasteiger partial charge in [0.25, 0.3) is 0 Å². The average Bonchev–Trinajstić information content (AvgIpc) is 2.81. The van der Waals surface area contributed by atoms with E-state index in [0.717, 1.165) is 10.9 Å². The lowest BCUT2D eigenvalue weighted by molar-refractivity contribution is 0.144. The molecule has 0 radical (unpaired) electrons. The lowest BCUT2D eigenvalue weighted by Crippen LogP contribution is -2.02. The van der Waals surface area contributed by atoms with Crippen LogP contribution in [0.3, 0.4) is 0 Å². The van der Waals surface area contributed by atoms with Gasteiger partial charge in [-0.2, -0.15) is 0 Å². The van der Waals surface area contributed by atoms with E-state index in [2.05, 4.69) is 14.7 Å². The van der Waals surface area contributed by atoms with Gasteiger partial charge in [0.1, 0.15) is 16.6 Å². The minimum absolute atomic E-state index is 0.220.